The van der Waals surface area contributed by atoms with Crippen LogP contribution in [-0.4, -0.2) is 34.7 Å². The zero-order chi connectivity index (χ0) is 22.6. The third kappa shape index (κ3) is 9.21. The lowest BCUT2D eigenvalue weighted by atomic mass is 10.1. The van der Waals surface area contributed by atoms with Crippen LogP contribution in [0.3, 0.4) is 0 Å². The van der Waals surface area contributed by atoms with Gasteiger partial charge in [0.2, 0.25) is 11.8 Å². The molecule has 0 fully saturated rings. The highest BCUT2D eigenvalue weighted by Crippen LogP contribution is 2.16. The zero-order valence-electron chi connectivity index (χ0n) is 19.0. The number of hydrogen-bond acceptors (Lipinski definition) is 3. The number of carbonyl (C=O) groups is 2. The molecule has 0 aliphatic carbocycles. The van der Waals surface area contributed by atoms with E-state index in [4.69, 9.17) is 0 Å². The molecule has 6 heteroatoms. The molecule has 31 heavy (non-hydrogen) atoms. The van der Waals surface area contributed by atoms with Crippen LogP contribution in [0, 0.1) is 11.7 Å². The fourth-order valence-electron chi connectivity index (χ4n) is 3.45. The van der Waals surface area contributed by atoms with Gasteiger partial charge in [-0.3, -0.25) is 9.59 Å². The molecule has 2 aromatic rings. The Bertz CT molecular complexity index is 790. The van der Waals surface area contributed by atoms with Crippen LogP contribution in [0.2, 0.25) is 0 Å². The van der Waals surface area contributed by atoms with Crippen LogP contribution in [0.1, 0.15) is 63.3 Å². The van der Waals surface area contributed by atoms with E-state index < -0.39 is 0 Å². The lowest BCUT2D eigenvalue weighted by Gasteiger charge is -2.29. The van der Waals surface area contributed by atoms with E-state index in [2.05, 4.69) is 20.8 Å². The molecule has 170 valence electrons. The number of benzene rings is 1. The van der Waals surface area contributed by atoms with Gasteiger partial charge in [0.05, 0.1) is 13.1 Å². The Hall–Kier alpha value is -2.21. The normalized spacial score (nSPS) is 11.0. The molecule has 4 nitrogen and oxygen atoms in total. The van der Waals surface area contributed by atoms with Crippen molar-refractivity contribution in [3.63, 3.8) is 0 Å². The number of nitrogens with zero attached hydrogens (tertiary/aromatic N) is 2. The summed E-state index contributed by atoms with van der Waals surface area (Å²) < 4.78 is 13.3. The minimum absolute atomic E-state index is 0.0519. The lowest BCUT2D eigenvalue weighted by molar-refractivity contribution is -0.141. The number of halogens is 1. The van der Waals surface area contributed by atoms with Crippen molar-refractivity contribution in [2.24, 2.45) is 5.92 Å². The Morgan fingerprint density at radius 1 is 0.968 bits per heavy atom. The summed E-state index contributed by atoms with van der Waals surface area (Å²) in [4.78, 5) is 30.7. The SMILES string of the molecule is CCCCCCC(=O)N(CC(=O)N(Cc1ccc(F)cc1)Cc1cccs1)CC(C)C. The molecule has 2 rings (SSSR count). The summed E-state index contributed by atoms with van der Waals surface area (Å²) in [5.41, 5.74) is 0.868. The van der Waals surface area contributed by atoms with Gasteiger partial charge in [-0.25, -0.2) is 4.39 Å². The standard InChI is InChI=1S/C25H35FN2O2S/c1-4-5-6-7-10-24(29)27(16-20(2)3)19-25(30)28(18-23-9-8-15-31-23)17-21-11-13-22(26)14-12-21/h8-9,11-15,20H,4-7,10,16-19H2,1-3H3. The highest BCUT2D eigenvalue weighted by atomic mass is 32.1. The minimum atomic E-state index is -0.295. The second-order valence-electron chi connectivity index (χ2n) is 8.43. The molecule has 0 unspecified atom stereocenters. The zero-order valence-corrected chi connectivity index (χ0v) is 19.8. The van der Waals surface area contributed by atoms with Crippen molar-refractivity contribution < 1.29 is 14.0 Å². The van der Waals surface area contributed by atoms with Crippen molar-refractivity contribution in [2.45, 2.75) is 66.0 Å². The second-order valence-corrected chi connectivity index (χ2v) is 9.47. The van der Waals surface area contributed by atoms with E-state index in [0.717, 1.165) is 36.1 Å². The molecular formula is C25H35FN2O2S. The quantitative estimate of drug-likeness (QED) is 0.361. The Morgan fingerprint density at radius 3 is 2.32 bits per heavy atom. The van der Waals surface area contributed by atoms with Gasteiger partial charge in [-0.05, 0) is 41.5 Å². The Kier molecular flexibility index (Phi) is 10.7. The molecule has 1 heterocycles. The number of amides is 2. The molecule has 0 aliphatic heterocycles. The van der Waals surface area contributed by atoms with Gasteiger partial charge >= 0.3 is 0 Å². The highest BCUT2D eigenvalue weighted by Gasteiger charge is 2.22. The molecule has 1 aromatic heterocycles. The Labute approximate surface area is 190 Å². The van der Waals surface area contributed by atoms with E-state index in [1.165, 1.54) is 12.1 Å². The smallest absolute Gasteiger partial charge is 0.242 e. The van der Waals surface area contributed by atoms with Gasteiger partial charge in [0.1, 0.15) is 5.82 Å². The van der Waals surface area contributed by atoms with E-state index in [0.29, 0.717) is 26.1 Å². The van der Waals surface area contributed by atoms with Crippen molar-refractivity contribution in [1.82, 2.24) is 9.80 Å². The van der Waals surface area contributed by atoms with Gasteiger partial charge in [-0.1, -0.05) is 58.2 Å². The van der Waals surface area contributed by atoms with Crippen molar-refractivity contribution >= 4 is 23.2 Å². The van der Waals surface area contributed by atoms with E-state index in [1.54, 1.807) is 33.3 Å². The van der Waals surface area contributed by atoms with Gasteiger partial charge in [-0.15, -0.1) is 11.3 Å². The van der Waals surface area contributed by atoms with Gasteiger partial charge < -0.3 is 9.80 Å². The van der Waals surface area contributed by atoms with Gasteiger partial charge in [0.25, 0.3) is 0 Å². The molecular weight excluding hydrogens is 411 g/mol. The highest BCUT2D eigenvalue weighted by molar-refractivity contribution is 7.09. The summed E-state index contributed by atoms with van der Waals surface area (Å²) in [7, 11) is 0. The summed E-state index contributed by atoms with van der Waals surface area (Å²) in [6.45, 7) is 7.78. The van der Waals surface area contributed by atoms with Crippen LogP contribution >= 0.6 is 11.3 Å². The van der Waals surface area contributed by atoms with Crippen molar-refractivity contribution in [2.75, 3.05) is 13.1 Å². The third-order valence-electron chi connectivity index (χ3n) is 5.07. The van der Waals surface area contributed by atoms with Crippen LogP contribution in [0.4, 0.5) is 4.39 Å². The maximum atomic E-state index is 13.3. The number of thiophene rings is 1. The summed E-state index contributed by atoms with van der Waals surface area (Å²) in [6, 6.07) is 10.2. The maximum Gasteiger partial charge on any atom is 0.242 e. The summed E-state index contributed by atoms with van der Waals surface area (Å²) in [5.74, 6) is -0.0387. The fraction of sp³-hybridized carbons (Fsp3) is 0.520. The molecule has 0 N–H and O–H groups in total. The first-order chi connectivity index (χ1) is 14.9. The average Bonchev–Trinajstić information content (AvgIpc) is 3.24. The molecule has 0 bridgehead atoms. The largest absolute Gasteiger partial charge is 0.333 e. The second kappa shape index (κ2) is 13.3. The van der Waals surface area contributed by atoms with Crippen molar-refractivity contribution in [1.29, 1.82) is 0 Å². The molecule has 0 atom stereocenters. The molecule has 0 spiro atoms. The van der Waals surface area contributed by atoms with Crippen molar-refractivity contribution in [3.05, 3.63) is 58.0 Å². The molecule has 1 aromatic carbocycles. The predicted molar refractivity (Wildman–Crippen MR) is 125 cm³/mol. The lowest BCUT2D eigenvalue weighted by Crippen LogP contribution is -2.43. The Balaban J connectivity index is 2.09. The topological polar surface area (TPSA) is 40.6 Å². The van der Waals surface area contributed by atoms with E-state index in [-0.39, 0.29) is 30.1 Å². The molecule has 2 amide bonds. The number of unbranched alkanes of at least 4 members (excludes halogenated alkanes) is 3. The monoisotopic (exact) mass is 446 g/mol. The summed E-state index contributed by atoms with van der Waals surface area (Å²) >= 11 is 1.60. The molecule has 0 radical (unpaired) electrons. The number of hydrogen-bond donors (Lipinski definition) is 0. The number of carbonyl (C=O) groups excluding carboxylic acids is 2. The maximum absolute atomic E-state index is 13.3. The minimum Gasteiger partial charge on any atom is -0.333 e. The first-order valence-corrected chi connectivity index (χ1v) is 12.1. The summed E-state index contributed by atoms with van der Waals surface area (Å²) in [6.07, 6.45) is 4.65. The van der Waals surface area contributed by atoms with Crippen molar-refractivity contribution in [3.8, 4) is 0 Å². The van der Waals surface area contributed by atoms with Crippen LogP contribution in [0.5, 0.6) is 0 Å². The van der Waals surface area contributed by atoms with E-state index >= 15 is 0 Å². The van der Waals surface area contributed by atoms with Gasteiger partial charge in [-0.2, -0.15) is 0 Å². The third-order valence-corrected chi connectivity index (χ3v) is 5.94. The first kappa shape index (κ1) is 25.1. The Morgan fingerprint density at radius 2 is 1.71 bits per heavy atom. The average molecular weight is 447 g/mol. The predicted octanol–water partition coefficient (Wildman–Crippen LogP) is 5.87. The van der Waals surface area contributed by atoms with Crippen LogP contribution in [0.25, 0.3) is 0 Å². The number of rotatable bonds is 13. The van der Waals surface area contributed by atoms with Gasteiger partial charge in [0, 0.05) is 24.4 Å². The molecule has 0 aliphatic rings. The van der Waals surface area contributed by atoms with Crippen LogP contribution in [-0.2, 0) is 22.7 Å². The molecule has 0 saturated carbocycles. The first-order valence-electron chi connectivity index (χ1n) is 11.2. The fourth-order valence-corrected chi connectivity index (χ4v) is 4.17. The summed E-state index contributed by atoms with van der Waals surface area (Å²) in [5, 5.41) is 1.99. The molecule has 0 saturated heterocycles. The van der Waals surface area contributed by atoms with Gasteiger partial charge in [0.15, 0.2) is 0 Å². The van der Waals surface area contributed by atoms with Crippen LogP contribution < -0.4 is 0 Å². The van der Waals surface area contributed by atoms with E-state index in [1.807, 2.05) is 17.5 Å². The van der Waals surface area contributed by atoms with E-state index in [9.17, 15) is 14.0 Å². The van der Waals surface area contributed by atoms with Crippen LogP contribution in [0.15, 0.2) is 41.8 Å².